The zero-order valence-electron chi connectivity index (χ0n) is 9.69. The normalized spacial score (nSPS) is 9.63. The predicted molar refractivity (Wildman–Crippen MR) is 78.5 cm³/mol. The van der Waals surface area contributed by atoms with Crippen molar-refractivity contribution in [3.05, 3.63) is 60.1 Å². The second-order valence-corrected chi connectivity index (χ2v) is 4.43. The van der Waals surface area contributed by atoms with Crippen molar-refractivity contribution in [2.24, 2.45) is 0 Å². The Hall–Kier alpha value is -0.832. The van der Waals surface area contributed by atoms with Crippen molar-refractivity contribution in [1.82, 2.24) is 9.97 Å². The molecule has 5 heteroatoms. The summed E-state index contributed by atoms with van der Waals surface area (Å²) in [5.74, 6) is 0. The van der Waals surface area contributed by atoms with Crippen LogP contribution in [0.5, 0.6) is 0 Å². The molecule has 3 aromatic heterocycles. The molecule has 0 amide bonds. The van der Waals surface area contributed by atoms with Crippen molar-refractivity contribution in [3.63, 3.8) is 0 Å². The molecule has 98 valence electrons. The Morgan fingerprint density at radius 3 is 2.47 bits per heavy atom. The number of thiophene rings is 1. The standard InChI is InChI=1S/C14H9N2S.BrH.Pt/c1-2-9-15-11(5-1)12-6-3-7-13(16-12)14-8-4-10-17-14;;/h1-7,9-10H;1H;/q-1;;+2/p-1. The maximum Gasteiger partial charge on any atom is 0.0873 e. The van der Waals surface area contributed by atoms with Crippen molar-refractivity contribution in [3.8, 4) is 22.0 Å². The average Bonchev–Trinajstić information content (AvgIpc) is 3.05. The van der Waals surface area contributed by atoms with Gasteiger partial charge < -0.3 is 4.98 Å². The van der Waals surface area contributed by atoms with Crippen LogP contribution in [0.15, 0.2) is 54.0 Å². The molecule has 0 radical (unpaired) electrons. The van der Waals surface area contributed by atoms with Crippen LogP contribution in [0.1, 0.15) is 0 Å². The van der Waals surface area contributed by atoms with Crippen LogP contribution in [0.3, 0.4) is 0 Å². The average molecular weight is 512 g/mol. The van der Waals surface area contributed by atoms with Crippen LogP contribution in [0.25, 0.3) is 22.0 Å². The van der Waals surface area contributed by atoms with Crippen molar-refractivity contribution in [1.29, 1.82) is 0 Å². The van der Waals surface area contributed by atoms with Crippen LogP contribution in [0, 0.1) is 6.07 Å². The quantitative estimate of drug-likeness (QED) is 0.473. The molecular formula is C14H9BrN2PtS. The van der Waals surface area contributed by atoms with Gasteiger partial charge in [0.1, 0.15) is 0 Å². The first-order chi connectivity index (χ1) is 9.43. The van der Waals surface area contributed by atoms with Gasteiger partial charge in [0.25, 0.3) is 0 Å². The molecule has 2 nitrogen and oxygen atoms in total. The van der Waals surface area contributed by atoms with Crippen LogP contribution >= 0.6 is 24.6 Å². The summed E-state index contributed by atoms with van der Waals surface area (Å²) in [6.45, 7) is 0. The van der Waals surface area contributed by atoms with E-state index >= 15 is 0 Å². The van der Waals surface area contributed by atoms with E-state index in [1.165, 1.54) is 0 Å². The Morgan fingerprint density at radius 1 is 1.00 bits per heavy atom. The van der Waals surface area contributed by atoms with E-state index in [2.05, 4.69) is 29.3 Å². The molecule has 0 spiro atoms. The van der Waals surface area contributed by atoms with Crippen molar-refractivity contribution >= 4 is 24.6 Å². The van der Waals surface area contributed by atoms with Crippen molar-refractivity contribution in [2.45, 2.75) is 0 Å². The summed E-state index contributed by atoms with van der Waals surface area (Å²) in [7, 11) is 0. The molecule has 19 heavy (non-hydrogen) atoms. The van der Waals surface area contributed by atoms with E-state index in [1.807, 2.05) is 65.6 Å². The van der Waals surface area contributed by atoms with E-state index in [1.54, 1.807) is 17.5 Å². The molecule has 0 fully saturated rings. The molecule has 0 aliphatic heterocycles. The van der Waals surface area contributed by atoms with E-state index in [9.17, 15) is 0 Å². The summed E-state index contributed by atoms with van der Waals surface area (Å²) in [6, 6.07) is 16.9. The zero-order chi connectivity index (χ0) is 13.5. The van der Waals surface area contributed by atoms with E-state index in [0.29, 0.717) is 0 Å². The Kier molecular flexibility index (Phi) is 5.89. The van der Waals surface area contributed by atoms with Crippen molar-refractivity contribution < 1.29 is 17.8 Å². The van der Waals surface area contributed by atoms with Gasteiger partial charge in [-0.05, 0) is 23.9 Å². The Balaban J connectivity index is 0.000000637. The minimum Gasteiger partial charge on any atom is -0.309 e. The molecule has 0 saturated heterocycles. The van der Waals surface area contributed by atoms with E-state index in [0.717, 1.165) is 22.0 Å². The van der Waals surface area contributed by atoms with Crippen LogP contribution in [-0.2, 0) is 17.8 Å². The van der Waals surface area contributed by atoms with Gasteiger partial charge in [0.2, 0.25) is 0 Å². The van der Waals surface area contributed by atoms with E-state index < -0.39 is 0 Å². The Morgan fingerprint density at radius 2 is 1.79 bits per heavy atom. The van der Waals surface area contributed by atoms with Crippen molar-refractivity contribution in [2.75, 3.05) is 0 Å². The fourth-order valence-corrected chi connectivity index (χ4v) is 2.24. The summed E-state index contributed by atoms with van der Waals surface area (Å²) >= 11 is 6.50. The molecule has 0 bridgehead atoms. The molecule has 0 aromatic carbocycles. The van der Waals surface area contributed by atoms with Gasteiger partial charge in [-0.3, -0.25) is 4.98 Å². The predicted octanol–water partition coefficient (Wildman–Crippen LogP) is 4.52. The summed E-state index contributed by atoms with van der Waals surface area (Å²) in [4.78, 5) is 9.96. The van der Waals surface area contributed by atoms with Gasteiger partial charge in [0.15, 0.2) is 0 Å². The topological polar surface area (TPSA) is 25.8 Å². The SMILES string of the molecule is [Br][Pt+].[c-]1ccsc1-c1cccc(-c2ccccn2)n1. The third-order valence-corrected chi connectivity index (χ3v) is 3.21. The Bertz CT molecular complexity index is 614. The molecule has 0 N–H and O–H groups in total. The monoisotopic (exact) mass is 511 g/mol. The van der Waals surface area contributed by atoms with Gasteiger partial charge in [-0.15, -0.1) is 5.38 Å². The van der Waals surface area contributed by atoms with Gasteiger partial charge in [-0.2, -0.15) is 12.1 Å². The number of nitrogens with zero attached hydrogens (tertiary/aromatic N) is 2. The van der Waals surface area contributed by atoms with Gasteiger partial charge in [-0.1, -0.05) is 23.1 Å². The molecule has 0 saturated carbocycles. The minimum atomic E-state index is 0.893. The summed E-state index contributed by atoms with van der Waals surface area (Å²) in [5.41, 5.74) is 2.74. The molecule has 3 heterocycles. The minimum absolute atomic E-state index is 0.893. The molecule has 0 aliphatic rings. The fourth-order valence-electron chi connectivity index (χ4n) is 1.60. The molecule has 3 rings (SSSR count). The molecule has 0 aliphatic carbocycles. The third-order valence-electron chi connectivity index (χ3n) is 2.38. The third kappa shape index (κ3) is 3.82. The molecule has 3 aromatic rings. The summed E-state index contributed by atoms with van der Waals surface area (Å²) < 4.78 is 0. The smallest absolute Gasteiger partial charge is 0.0873 e. The largest absolute Gasteiger partial charge is 0.309 e. The van der Waals surface area contributed by atoms with Gasteiger partial charge in [-0.25, -0.2) is 11.3 Å². The maximum atomic E-state index is 4.60. The first kappa shape index (κ1) is 14.6. The number of hydrogen-bond donors (Lipinski definition) is 0. The van der Waals surface area contributed by atoms with Gasteiger partial charge in [0.05, 0.1) is 11.4 Å². The zero-order valence-corrected chi connectivity index (χ0v) is 14.4. The number of halogens is 1. The number of rotatable bonds is 2. The van der Waals surface area contributed by atoms with Crippen LogP contribution in [0.4, 0.5) is 0 Å². The second kappa shape index (κ2) is 7.68. The van der Waals surface area contributed by atoms with Crippen LogP contribution in [-0.4, -0.2) is 9.97 Å². The van der Waals surface area contributed by atoms with Crippen LogP contribution < -0.4 is 0 Å². The summed E-state index contributed by atoms with van der Waals surface area (Å²) in [5, 5.41) is 2.00. The van der Waals surface area contributed by atoms with Crippen LogP contribution in [0.2, 0.25) is 0 Å². The second-order valence-electron chi connectivity index (χ2n) is 3.52. The molecule has 0 unspecified atom stereocenters. The molecular weight excluding hydrogens is 503 g/mol. The molecule has 0 atom stereocenters. The Labute approximate surface area is 134 Å². The number of pyridine rings is 2. The first-order valence-corrected chi connectivity index (χ1v) is 11.2. The maximum absolute atomic E-state index is 4.60. The van der Waals surface area contributed by atoms with Gasteiger partial charge in [0, 0.05) is 6.20 Å². The first-order valence-electron chi connectivity index (χ1n) is 5.39. The van der Waals surface area contributed by atoms with Gasteiger partial charge >= 0.3 is 31.1 Å². The fraction of sp³-hybridized carbons (Fsp3) is 0. The van der Waals surface area contributed by atoms with E-state index in [-0.39, 0.29) is 0 Å². The number of aromatic nitrogens is 2. The van der Waals surface area contributed by atoms with E-state index in [4.69, 9.17) is 0 Å². The number of hydrogen-bond acceptors (Lipinski definition) is 3. The summed E-state index contributed by atoms with van der Waals surface area (Å²) in [6.07, 6.45) is 1.78.